The Hall–Kier alpha value is -1.02. The van der Waals surface area contributed by atoms with Crippen LogP contribution >= 0.6 is 0 Å². The largest absolute Gasteiger partial charge is 0.497 e. The first kappa shape index (κ1) is 15.5. The number of hydrogen-bond acceptors (Lipinski definition) is 2. The predicted octanol–water partition coefficient (Wildman–Crippen LogP) is 4.55. The number of hydrogen-bond donors (Lipinski definition) is 1. The summed E-state index contributed by atoms with van der Waals surface area (Å²) in [4.78, 5) is 0. The van der Waals surface area contributed by atoms with Crippen LogP contribution in [-0.4, -0.2) is 18.8 Å². The molecule has 2 saturated carbocycles. The molecule has 1 aromatic rings. The van der Waals surface area contributed by atoms with E-state index in [0.717, 1.165) is 35.8 Å². The maximum Gasteiger partial charge on any atom is 0.119 e. The third-order valence-corrected chi connectivity index (χ3v) is 7.61. The second-order valence-corrected chi connectivity index (χ2v) is 8.31. The third kappa shape index (κ3) is 2.33. The van der Waals surface area contributed by atoms with Crippen molar-refractivity contribution in [1.82, 2.24) is 0 Å². The molecule has 0 aromatic heterocycles. The van der Waals surface area contributed by atoms with Crippen molar-refractivity contribution in [2.75, 3.05) is 13.7 Å². The van der Waals surface area contributed by atoms with E-state index in [1.54, 1.807) is 12.7 Å². The molecule has 0 radical (unpaired) electrons. The Labute approximate surface area is 140 Å². The van der Waals surface area contributed by atoms with Crippen LogP contribution < -0.4 is 4.74 Å². The normalized spacial score (nSPS) is 38.6. The summed E-state index contributed by atoms with van der Waals surface area (Å²) in [5.41, 5.74) is 3.61. The summed E-state index contributed by atoms with van der Waals surface area (Å²) < 4.78 is 5.42. The summed E-state index contributed by atoms with van der Waals surface area (Å²) in [5.74, 6) is 4.24. The van der Waals surface area contributed by atoms with Crippen molar-refractivity contribution in [3.05, 3.63) is 29.3 Å². The van der Waals surface area contributed by atoms with Gasteiger partial charge in [0.05, 0.1) is 7.11 Å². The van der Waals surface area contributed by atoms with Crippen LogP contribution in [0.15, 0.2) is 18.2 Å². The van der Waals surface area contributed by atoms with Crippen LogP contribution in [0.2, 0.25) is 0 Å². The molecule has 0 bridgehead atoms. The highest BCUT2D eigenvalue weighted by molar-refractivity contribution is 5.40. The molecule has 0 amide bonds. The van der Waals surface area contributed by atoms with E-state index in [0.29, 0.717) is 12.0 Å². The van der Waals surface area contributed by atoms with E-state index in [4.69, 9.17) is 4.74 Å². The minimum Gasteiger partial charge on any atom is -0.497 e. The first-order valence-electron chi connectivity index (χ1n) is 9.45. The molecule has 1 N–H and O–H groups in total. The molecule has 4 rings (SSSR count). The Morgan fingerprint density at radius 3 is 2.87 bits per heavy atom. The van der Waals surface area contributed by atoms with E-state index in [9.17, 15) is 5.11 Å². The van der Waals surface area contributed by atoms with Crippen LogP contribution in [0.3, 0.4) is 0 Å². The SMILES string of the molecule is COc1ccc2c(c1)CC[C@@H]1[C@@H]2CC[C@]2(C)[C@@H](CCO)CC[C@@H]12. The molecule has 3 aliphatic rings. The molecule has 5 atom stereocenters. The lowest BCUT2D eigenvalue weighted by Gasteiger charge is -2.51. The molecular formula is C21H30O2. The van der Waals surface area contributed by atoms with Gasteiger partial charge in [-0.3, -0.25) is 0 Å². The molecule has 0 heterocycles. The van der Waals surface area contributed by atoms with Gasteiger partial charge in [-0.1, -0.05) is 13.0 Å². The summed E-state index contributed by atoms with van der Waals surface area (Å²) >= 11 is 0. The average Bonchev–Trinajstić information content (AvgIpc) is 2.91. The Morgan fingerprint density at radius 2 is 2.09 bits per heavy atom. The molecule has 0 aliphatic heterocycles. The zero-order valence-electron chi connectivity index (χ0n) is 14.6. The summed E-state index contributed by atoms with van der Waals surface area (Å²) in [6.07, 6.45) is 8.96. The summed E-state index contributed by atoms with van der Waals surface area (Å²) in [6, 6.07) is 6.76. The van der Waals surface area contributed by atoms with Gasteiger partial charge in [0.15, 0.2) is 0 Å². The van der Waals surface area contributed by atoms with Crippen molar-refractivity contribution in [3.8, 4) is 5.75 Å². The number of rotatable bonds is 3. The smallest absolute Gasteiger partial charge is 0.119 e. The Morgan fingerprint density at radius 1 is 1.22 bits per heavy atom. The first-order valence-corrected chi connectivity index (χ1v) is 9.45. The molecule has 0 saturated heterocycles. The lowest BCUT2D eigenvalue weighted by molar-refractivity contribution is 0.0209. The second kappa shape index (κ2) is 5.81. The van der Waals surface area contributed by atoms with E-state index in [1.165, 1.54) is 44.1 Å². The van der Waals surface area contributed by atoms with Gasteiger partial charge in [0.2, 0.25) is 0 Å². The third-order valence-electron chi connectivity index (χ3n) is 7.61. The highest BCUT2D eigenvalue weighted by atomic mass is 16.5. The highest BCUT2D eigenvalue weighted by Gasteiger charge is 2.54. The van der Waals surface area contributed by atoms with Crippen molar-refractivity contribution < 1.29 is 9.84 Å². The average molecular weight is 314 g/mol. The number of aryl methyl sites for hydroxylation is 1. The molecule has 1 aromatic carbocycles. The molecular weight excluding hydrogens is 284 g/mol. The van der Waals surface area contributed by atoms with Crippen molar-refractivity contribution in [2.24, 2.45) is 23.2 Å². The lowest BCUT2D eigenvalue weighted by atomic mass is 9.54. The fraction of sp³-hybridized carbons (Fsp3) is 0.714. The van der Waals surface area contributed by atoms with Gasteiger partial charge < -0.3 is 9.84 Å². The minimum absolute atomic E-state index is 0.365. The van der Waals surface area contributed by atoms with E-state index in [1.807, 2.05) is 0 Å². The zero-order chi connectivity index (χ0) is 16.0. The quantitative estimate of drug-likeness (QED) is 0.887. The standard InChI is InChI=1S/C21H30O2/c1-21-11-9-18-17-7-5-16(23-2)13-14(17)3-6-19(18)20(21)8-4-15(21)10-12-22/h5,7,13,15,18-20,22H,3-4,6,8-12H2,1-2H3/t15-,18-,19-,20+,21-/m1/s1. The number of ether oxygens (including phenoxy) is 1. The molecule has 2 fully saturated rings. The maximum absolute atomic E-state index is 9.43. The Balaban J connectivity index is 1.62. The van der Waals surface area contributed by atoms with Gasteiger partial charge in [-0.15, -0.1) is 0 Å². The van der Waals surface area contributed by atoms with Crippen LogP contribution in [0.4, 0.5) is 0 Å². The Kier molecular flexibility index (Phi) is 3.91. The monoisotopic (exact) mass is 314 g/mol. The van der Waals surface area contributed by atoms with Crippen LogP contribution in [0, 0.1) is 23.2 Å². The topological polar surface area (TPSA) is 29.5 Å². The van der Waals surface area contributed by atoms with E-state index >= 15 is 0 Å². The van der Waals surface area contributed by atoms with E-state index in [-0.39, 0.29) is 0 Å². The summed E-state index contributed by atoms with van der Waals surface area (Å²) in [5, 5.41) is 9.43. The molecule has 0 spiro atoms. The molecule has 3 aliphatic carbocycles. The molecule has 2 nitrogen and oxygen atoms in total. The van der Waals surface area contributed by atoms with Gasteiger partial charge >= 0.3 is 0 Å². The van der Waals surface area contributed by atoms with Crippen LogP contribution in [-0.2, 0) is 6.42 Å². The van der Waals surface area contributed by atoms with Crippen molar-refractivity contribution in [1.29, 1.82) is 0 Å². The van der Waals surface area contributed by atoms with Gasteiger partial charge in [-0.2, -0.15) is 0 Å². The predicted molar refractivity (Wildman–Crippen MR) is 92.8 cm³/mol. The zero-order valence-corrected chi connectivity index (χ0v) is 14.6. The second-order valence-electron chi connectivity index (χ2n) is 8.31. The van der Waals surface area contributed by atoms with Crippen molar-refractivity contribution in [2.45, 2.75) is 57.8 Å². The lowest BCUT2D eigenvalue weighted by Crippen LogP contribution is -2.42. The fourth-order valence-electron chi connectivity index (χ4n) is 6.42. The first-order chi connectivity index (χ1) is 11.2. The van der Waals surface area contributed by atoms with Gasteiger partial charge in [-0.05, 0) is 97.3 Å². The number of aliphatic hydroxyl groups excluding tert-OH is 1. The van der Waals surface area contributed by atoms with Crippen LogP contribution in [0.1, 0.15) is 62.5 Å². The van der Waals surface area contributed by atoms with Gasteiger partial charge in [-0.25, -0.2) is 0 Å². The van der Waals surface area contributed by atoms with Gasteiger partial charge in [0, 0.05) is 6.61 Å². The minimum atomic E-state index is 0.365. The van der Waals surface area contributed by atoms with Gasteiger partial charge in [0.1, 0.15) is 5.75 Å². The van der Waals surface area contributed by atoms with E-state index in [2.05, 4.69) is 25.1 Å². The molecule has 23 heavy (non-hydrogen) atoms. The molecule has 0 unspecified atom stereocenters. The number of methoxy groups -OCH3 is 1. The molecule has 2 heteroatoms. The van der Waals surface area contributed by atoms with E-state index < -0.39 is 0 Å². The molecule has 126 valence electrons. The summed E-state index contributed by atoms with van der Waals surface area (Å²) in [6.45, 7) is 2.90. The highest BCUT2D eigenvalue weighted by Crippen LogP contribution is 2.63. The Bertz CT molecular complexity index is 581. The summed E-state index contributed by atoms with van der Waals surface area (Å²) in [7, 11) is 1.76. The van der Waals surface area contributed by atoms with Crippen LogP contribution in [0.5, 0.6) is 5.75 Å². The fourth-order valence-corrected chi connectivity index (χ4v) is 6.42. The van der Waals surface area contributed by atoms with Crippen molar-refractivity contribution in [3.63, 3.8) is 0 Å². The van der Waals surface area contributed by atoms with Crippen LogP contribution in [0.25, 0.3) is 0 Å². The number of fused-ring (bicyclic) bond motifs is 5. The van der Waals surface area contributed by atoms with Crippen molar-refractivity contribution >= 4 is 0 Å². The maximum atomic E-state index is 9.43. The number of aliphatic hydroxyl groups is 1. The number of benzene rings is 1. The van der Waals surface area contributed by atoms with Gasteiger partial charge in [0.25, 0.3) is 0 Å².